The summed E-state index contributed by atoms with van der Waals surface area (Å²) in [5.74, 6) is 0. The first kappa shape index (κ1) is 18.0. The van der Waals surface area contributed by atoms with Gasteiger partial charge in [-0.15, -0.1) is 0 Å². The van der Waals surface area contributed by atoms with E-state index in [1.807, 2.05) is 25.1 Å². The van der Waals surface area contributed by atoms with Crippen molar-refractivity contribution in [3.63, 3.8) is 0 Å². The zero-order chi connectivity index (χ0) is 17.7. The van der Waals surface area contributed by atoms with Gasteiger partial charge < -0.3 is 10.2 Å². The van der Waals surface area contributed by atoms with Crippen LogP contribution in [0.1, 0.15) is 50.6 Å². The second-order valence-corrected chi connectivity index (χ2v) is 7.23. The van der Waals surface area contributed by atoms with E-state index in [2.05, 4.69) is 55.3 Å². The van der Waals surface area contributed by atoms with E-state index in [1.165, 1.54) is 5.56 Å². The molecule has 24 heavy (non-hydrogen) atoms. The molecule has 4 nitrogen and oxygen atoms in total. The Kier molecular flexibility index (Phi) is 5.60. The Hall–Kier alpha value is -2.36. The number of hydrogen-bond donors (Lipinski definition) is 1. The Bertz CT molecular complexity index is 660. The Morgan fingerprint density at radius 1 is 1.17 bits per heavy atom. The number of rotatable bonds is 4. The molecule has 2 amide bonds. The number of carbonyl (C=O) groups is 1. The molecule has 0 saturated carbocycles. The SMILES string of the molecule is C[C@H](NC(=O)N(C)Cc1ccc(C(C)(C)C)cc1)c1ccccn1. The van der Waals surface area contributed by atoms with Crippen molar-refractivity contribution in [1.29, 1.82) is 0 Å². The fourth-order valence-electron chi connectivity index (χ4n) is 2.46. The van der Waals surface area contributed by atoms with E-state index in [1.54, 1.807) is 18.1 Å². The third-order valence-electron chi connectivity index (χ3n) is 4.06. The highest BCUT2D eigenvalue weighted by Gasteiger charge is 2.16. The molecule has 0 aliphatic rings. The van der Waals surface area contributed by atoms with Crippen molar-refractivity contribution in [2.75, 3.05) is 7.05 Å². The highest BCUT2D eigenvalue weighted by atomic mass is 16.2. The first-order valence-corrected chi connectivity index (χ1v) is 8.29. The second-order valence-electron chi connectivity index (χ2n) is 7.23. The average Bonchev–Trinajstić information content (AvgIpc) is 2.55. The quantitative estimate of drug-likeness (QED) is 0.912. The molecular weight excluding hydrogens is 298 g/mol. The van der Waals surface area contributed by atoms with Gasteiger partial charge in [0, 0.05) is 19.8 Å². The van der Waals surface area contributed by atoms with Gasteiger partial charge in [-0.2, -0.15) is 0 Å². The van der Waals surface area contributed by atoms with Crippen LogP contribution in [0.25, 0.3) is 0 Å². The van der Waals surface area contributed by atoms with Gasteiger partial charge in [0.25, 0.3) is 0 Å². The number of carbonyl (C=O) groups excluding carboxylic acids is 1. The molecule has 0 unspecified atom stereocenters. The number of nitrogens with zero attached hydrogens (tertiary/aromatic N) is 2. The van der Waals surface area contributed by atoms with Gasteiger partial charge >= 0.3 is 6.03 Å². The molecule has 0 fully saturated rings. The summed E-state index contributed by atoms with van der Waals surface area (Å²) in [6.07, 6.45) is 1.73. The number of benzene rings is 1. The van der Waals surface area contributed by atoms with E-state index in [0.29, 0.717) is 6.54 Å². The molecule has 1 N–H and O–H groups in total. The van der Waals surface area contributed by atoms with Gasteiger partial charge in [-0.25, -0.2) is 4.79 Å². The van der Waals surface area contributed by atoms with Gasteiger partial charge in [-0.3, -0.25) is 4.98 Å². The predicted molar refractivity (Wildman–Crippen MR) is 97.8 cm³/mol. The highest BCUT2D eigenvalue weighted by molar-refractivity contribution is 5.74. The van der Waals surface area contributed by atoms with E-state index in [4.69, 9.17) is 0 Å². The van der Waals surface area contributed by atoms with Gasteiger partial charge in [0.2, 0.25) is 0 Å². The predicted octanol–water partition coefficient (Wildman–Crippen LogP) is 4.28. The molecule has 0 radical (unpaired) electrons. The number of amides is 2. The van der Waals surface area contributed by atoms with Crippen LogP contribution in [0.3, 0.4) is 0 Å². The summed E-state index contributed by atoms with van der Waals surface area (Å²) in [7, 11) is 1.80. The molecule has 128 valence electrons. The molecule has 1 heterocycles. The van der Waals surface area contributed by atoms with Crippen molar-refractivity contribution in [2.24, 2.45) is 0 Å². The summed E-state index contributed by atoms with van der Waals surface area (Å²) in [5.41, 5.74) is 3.40. The lowest BCUT2D eigenvalue weighted by atomic mass is 9.87. The molecule has 1 aromatic heterocycles. The summed E-state index contributed by atoms with van der Waals surface area (Å²) in [5, 5.41) is 2.98. The summed E-state index contributed by atoms with van der Waals surface area (Å²) in [4.78, 5) is 18.3. The molecule has 0 aliphatic heterocycles. The van der Waals surface area contributed by atoms with Gasteiger partial charge in [0.05, 0.1) is 11.7 Å². The lowest BCUT2D eigenvalue weighted by molar-refractivity contribution is 0.203. The molecule has 0 aliphatic carbocycles. The molecule has 0 spiro atoms. The van der Waals surface area contributed by atoms with E-state index < -0.39 is 0 Å². The van der Waals surface area contributed by atoms with E-state index >= 15 is 0 Å². The maximum atomic E-state index is 12.3. The fraction of sp³-hybridized carbons (Fsp3) is 0.400. The normalized spacial score (nSPS) is 12.5. The van der Waals surface area contributed by atoms with Crippen LogP contribution in [-0.4, -0.2) is 23.0 Å². The summed E-state index contributed by atoms with van der Waals surface area (Å²) < 4.78 is 0. The average molecular weight is 325 g/mol. The third-order valence-corrected chi connectivity index (χ3v) is 4.06. The lowest BCUT2D eigenvalue weighted by Crippen LogP contribution is -2.38. The summed E-state index contributed by atoms with van der Waals surface area (Å²) in [6.45, 7) is 9.10. The van der Waals surface area contributed by atoms with Crippen molar-refractivity contribution in [3.8, 4) is 0 Å². The molecule has 1 aromatic carbocycles. The van der Waals surface area contributed by atoms with Crippen molar-refractivity contribution in [3.05, 3.63) is 65.5 Å². The maximum Gasteiger partial charge on any atom is 0.317 e. The fourth-order valence-corrected chi connectivity index (χ4v) is 2.46. The van der Waals surface area contributed by atoms with Crippen LogP contribution in [0.4, 0.5) is 4.79 Å². The number of urea groups is 1. The summed E-state index contributed by atoms with van der Waals surface area (Å²) in [6, 6.07) is 13.9. The van der Waals surface area contributed by atoms with Crippen LogP contribution in [0.5, 0.6) is 0 Å². The largest absolute Gasteiger partial charge is 0.330 e. The molecule has 2 rings (SSSR count). The van der Waals surface area contributed by atoms with Crippen LogP contribution in [-0.2, 0) is 12.0 Å². The molecular formula is C20H27N3O. The van der Waals surface area contributed by atoms with Crippen LogP contribution < -0.4 is 5.32 Å². The van der Waals surface area contributed by atoms with Gasteiger partial charge in [-0.1, -0.05) is 51.1 Å². The van der Waals surface area contributed by atoms with Crippen LogP contribution in [0, 0.1) is 0 Å². The highest BCUT2D eigenvalue weighted by Crippen LogP contribution is 2.22. The molecule has 4 heteroatoms. The second kappa shape index (κ2) is 7.47. The molecule has 0 bridgehead atoms. The van der Waals surface area contributed by atoms with E-state index in [-0.39, 0.29) is 17.5 Å². The van der Waals surface area contributed by atoms with Gasteiger partial charge in [0.1, 0.15) is 0 Å². The molecule has 0 saturated heterocycles. The third kappa shape index (κ3) is 4.82. The first-order chi connectivity index (χ1) is 11.3. The number of pyridine rings is 1. The van der Waals surface area contributed by atoms with Gasteiger partial charge in [-0.05, 0) is 35.6 Å². The van der Waals surface area contributed by atoms with Crippen molar-refractivity contribution in [2.45, 2.75) is 45.7 Å². The Morgan fingerprint density at radius 3 is 2.38 bits per heavy atom. The van der Waals surface area contributed by atoms with E-state index in [0.717, 1.165) is 11.3 Å². The van der Waals surface area contributed by atoms with Gasteiger partial charge in [0.15, 0.2) is 0 Å². The van der Waals surface area contributed by atoms with Crippen LogP contribution in [0.15, 0.2) is 48.7 Å². The zero-order valence-electron chi connectivity index (χ0n) is 15.2. The van der Waals surface area contributed by atoms with Crippen molar-refractivity contribution < 1.29 is 4.79 Å². The topological polar surface area (TPSA) is 45.2 Å². The zero-order valence-corrected chi connectivity index (χ0v) is 15.2. The van der Waals surface area contributed by atoms with Crippen molar-refractivity contribution in [1.82, 2.24) is 15.2 Å². The lowest BCUT2D eigenvalue weighted by Gasteiger charge is -2.22. The summed E-state index contributed by atoms with van der Waals surface area (Å²) >= 11 is 0. The monoisotopic (exact) mass is 325 g/mol. The Balaban J connectivity index is 1.94. The van der Waals surface area contributed by atoms with Crippen molar-refractivity contribution >= 4 is 6.03 Å². The van der Waals surface area contributed by atoms with E-state index in [9.17, 15) is 4.79 Å². The number of nitrogens with one attached hydrogen (secondary N) is 1. The van der Waals surface area contributed by atoms with Crippen LogP contribution >= 0.6 is 0 Å². The molecule has 1 atom stereocenters. The minimum Gasteiger partial charge on any atom is -0.330 e. The first-order valence-electron chi connectivity index (χ1n) is 8.29. The smallest absolute Gasteiger partial charge is 0.317 e. The van der Waals surface area contributed by atoms with Crippen LogP contribution in [0.2, 0.25) is 0 Å². The molecule has 2 aromatic rings. The number of hydrogen-bond acceptors (Lipinski definition) is 2. The maximum absolute atomic E-state index is 12.3. The standard InChI is InChI=1S/C20H27N3O/c1-15(18-8-6-7-13-21-18)22-19(24)23(5)14-16-9-11-17(12-10-16)20(2,3)4/h6-13,15H,14H2,1-5H3,(H,22,24)/t15-/m0/s1. The number of aromatic nitrogens is 1. The minimum absolute atomic E-state index is 0.104. The Labute approximate surface area is 144 Å². The Morgan fingerprint density at radius 2 is 1.83 bits per heavy atom. The minimum atomic E-state index is -0.121.